The number of hydrogen-bond acceptors (Lipinski definition) is 6. The van der Waals surface area contributed by atoms with E-state index >= 15 is 0 Å². The number of aromatic nitrogens is 3. The van der Waals surface area contributed by atoms with Crippen molar-refractivity contribution in [3.8, 4) is 11.7 Å². The summed E-state index contributed by atoms with van der Waals surface area (Å²) >= 11 is 0. The van der Waals surface area contributed by atoms with Gasteiger partial charge in [0.05, 0.1) is 25.2 Å². The van der Waals surface area contributed by atoms with Gasteiger partial charge in [-0.1, -0.05) is 0 Å². The molecule has 0 fully saturated rings. The summed E-state index contributed by atoms with van der Waals surface area (Å²) in [4.78, 5) is 4.24. The molecule has 2 N–H and O–H groups in total. The van der Waals surface area contributed by atoms with Crippen LogP contribution in [0.4, 0.5) is 5.69 Å². The average Bonchev–Trinajstić information content (AvgIpc) is 2.78. The Labute approximate surface area is 104 Å². The zero-order valence-electron chi connectivity index (χ0n) is 9.86. The molecule has 0 unspecified atom stereocenters. The lowest BCUT2D eigenvalue weighted by molar-refractivity contribution is 0.399. The summed E-state index contributed by atoms with van der Waals surface area (Å²) in [5.41, 5.74) is 6.04. The molecular weight excluding hydrogens is 256 g/mol. The zero-order valence-corrected chi connectivity index (χ0v) is 10.7. The fourth-order valence-electron chi connectivity index (χ4n) is 1.36. The third kappa shape index (κ3) is 2.28. The molecule has 2 rings (SSSR count). The number of pyridine rings is 1. The maximum absolute atomic E-state index is 11.3. The Bertz CT molecular complexity index is 678. The van der Waals surface area contributed by atoms with E-state index in [4.69, 9.17) is 10.5 Å². The molecule has 7 nitrogen and oxygen atoms in total. The van der Waals surface area contributed by atoms with Gasteiger partial charge < -0.3 is 10.5 Å². The molecule has 0 saturated heterocycles. The second-order valence-corrected chi connectivity index (χ2v) is 5.68. The van der Waals surface area contributed by atoms with Gasteiger partial charge in [0.2, 0.25) is 5.88 Å². The van der Waals surface area contributed by atoms with Crippen LogP contribution in [0.25, 0.3) is 5.82 Å². The molecule has 0 saturated carbocycles. The molecular formula is C10H12N4O3S. The van der Waals surface area contributed by atoms with Gasteiger partial charge in [0.1, 0.15) is 4.90 Å². The van der Waals surface area contributed by atoms with Crippen LogP contribution in [0.15, 0.2) is 29.4 Å². The highest BCUT2D eigenvalue weighted by Crippen LogP contribution is 2.20. The minimum atomic E-state index is -3.28. The van der Waals surface area contributed by atoms with E-state index in [0.717, 1.165) is 6.26 Å². The van der Waals surface area contributed by atoms with Gasteiger partial charge >= 0.3 is 0 Å². The molecule has 2 aromatic heterocycles. The number of methoxy groups -OCH3 is 1. The molecule has 0 aliphatic rings. The van der Waals surface area contributed by atoms with Gasteiger partial charge in [0.15, 0.2) is 15.7 Å². The number of nitrogens with zero attached hydrogens (tertiary/aromatic N) is 3. The number of hydrogen-bond donors (Lipinski definition) is 1. The van der Waals surface area contributed by atoms with Gasteiger partial charge in [-0.05, 0) is 12.1 Å². The Morgan fingerprint density at radius 1 is 1.39 bits per heavy atom. The van der Waals surface area contributed by atoms with Crippen LogP contribution in [-0.4, -0.2) is 36.5 Å². The van der Waals surface area contributed by atoms with E-state index in [9.17, 15) is 8.42 Å². The van der Waals surface area contributed by atoms with Crippen LogP contribution in [0.2, 0.25) is 0 Å². The van der Waals surface area contributed by atoms with Crippen molar-refractivity contribution in [3.05, 3.63) is 24.5 Å². The second kappa shape index (κ2) is 4.30. The minimum absolute atomic E-state index is 0.125. The highest BCUT2D eigenvalue weighted by atomic mass is 32.2. The van der Waals surface area contributed by atoms with Crippen molar-refractivity contribution in [3.63, 3.8) is 0 Å². The van der Waals surface area contributed by atoms with Gasteiger partial charge in [-0.15, -0.1) is 0 Å². The SMILES string of the molecule is COc1nc(-n2cc(S(C)(=O)=O)cn2)ccc1N. The molecule has 96 valence electrons. The maximum atomic E-state index is 11.3. The first-order valence-electron chi connectivity index (χ1n) is 4.97. The molecule has 0 aliphatic carbocycles. The molecule has 0 bridgehead atoms. The predicted molar refractivity (Wildman–Crippen MR) is 65.4 cm³/mol. The fourth-order valence-corrected chi connectivity index (χ4v) is 1.89. The van der Waals surface area contributed by atoms with Crippen molar-refractivity contribution in [1.29, 1.82) is 0 Å². The quantitative estimate of drug-likeness (QED) is 0.857. The molecule has 2 aromatic rings. The summed E-state index contributed by atoms with van der Waals surface area (Å²) in [5.74, 6) is 0.694. The topological polar surface area (TPSA) is 100 Å². The fraction of sp³-hybridized carbons (Fsp3) is 0.200. The van der Waals surface area contributed by atoms with Crippen LogP contribution in [0.5, 0.6) is 5.88 Å². The van der Waals surface area contributed by atoms with Crippen LogP contribution in [0.3, 0.4) is 0 Å². The molecule has 8 heteroatoms. The summed E-state index contributed by atoms with van der Waals surface area (Å²) in [6.45, 7) is 0. The normalized spacial score (nSPS) is 11.4. The molecule has 0 atom stereocenters. The lowest BCUT2D eigenvalue weighted by atomic mass is 10.4. The molecule has 2 heterocycles. The Morgan fingerprint density at radius 2 is 2.11 bits per heavy atom. The monoisotopic (exact) mass is 268 g/mol. The molecule has 0 spiro atoms. The molecule has 0 radical (unpaired) electrons. The van der Waals surface area contributed by atoms with Gasteiger partial charge in [-0.3, -0.25) is 0 Å². The first kappa shape index (κ1) is 12.4. The smallest absolute Gasteiger partial charge is 0.238 e. The Hall–Kier alpha value is -2.09. The lowest BCUT2D eigenvalue weighted by Gasteiger charge is -2.05. The lowest BCUT2D eigenvalue weighted by Crippen LogP contribution is -2.02. The summed E-state index contributed by atoms with van der Waals surface area (Å²) in [6, 6.07) is 3.24. The highest BCUT2D eigenvalue weighted by Gasteiger charge is 2.12. The van der Waals surface area contributed by atoms with Crippen molar-refractivity contribution in [2.45, 2.75) is 4.90 Å². The number of sulfone groups is 1. The standard InChI is InChI=1S/C10H12N4O3S/c1-17-10-8(11)3-4-9(13-10)14-6-7(5-12-14)18(2,15)16/h3-6H,11H2,1-2H3. The number of nitrogens with two attached hydrogens (primary N) is 1. The Balaban J connectivity index is 2.46. The summed E-state index contributed by atoms with van der Waals surface area (Å²) in [7, 11) is -1.83. The van der Waals surface area contributed by atoms with Gasteiger partial charge in [0, 0.05) is 6.26 Å². The van der Waals surface area contributed by atoms with Crippen molar-refractivity contribution in [2.24, 2.45) is 0 Å². The van der Waals surface area contributed by atoms with Crippen molar-refractivity contribution in [1.82, 2.24) is 14.8 Å². The van der Waals surface area contributed by atoms with Crippen LogP contribution in [0, 0.1) is 0 Å². The van der Waals surface area contributed by atoms with E-state index < -0.39 is 9.84 Å². The minimum Gasteiger partial charge on any atom is -0.479 e. The summed E-state index contributed by atoms with van der Waals surface area (Å²) < 4.78 is 29.0. The van der Waals surface area contributed by atoms with E-state index in [1.54, 1.807) is 12.1 Å². The van der Waals surface area contributed by atoms with Crippen LogP contribution in [0.1, 0.15) is 0 Å². The Morgan fingerprint density at radius 3 is 2.67 bits per heavy atom. The van der Waals surface area contributed by atoms with Crippen molar-refractivity contribution >= 4 is 15.5 Å². The van der Waals surface area contributed by atoms with Gasteiger partial charge in [-0.25, -0.2) is 13.1 Å². The van der Waals surface area contributed by atoms with E-state index in [2.05, 4.69) is 10.1 Å². The average molecular weight is 268 g/mol. The third-order valence-electron chi connectivity index (χ3n) is 2.29. The largest absolute Gasteiger partial charge is 0.479 e. The van der Waals surface area contributed by atoms with E-state index in [0.29, 0.717) is 11.5 Å². The Kier molecular flexibility index (Phi) is 2.95. The molecule has 0 aliphatic heterocycles. The first-order chi connectivity index (χ1) is 8.41. The number of nitrogen functional groups attached to an aromatic ring is 1. The highest BCUT2D eigenvalue weighted by molar-refractivity contribution is 7.90. The molecule has 0 aromatic carbocycles. The number of rotatable bonds is 3. The predicted octanol–water partition coefficient (Wildman–Crippen LogP) is 0.262. The van der Waals surface area contributed by atoms with Crippen LogP contribution in [-0.2, 0) is 9.84 Å². The summed E-state index contributed by atoms with van der Waals surface area (Å²) in [6.07, 6.45) is 3.76. The zero-order chi connectivity index (χ0) is 13.3. The second-order valence-electron chi connectivity index (χ2n) is 3.66. The van der Waals surface area contributed by atoms with E-state index in [1.807, 2.05) is 0 Å². The molecule has 0 amide bonds. The van der Waals surface area contributed by atoms with E-state index in [1.165, 1.54) is 24.2 Å². The van der Waals surface area contributed by atoms with E-state index in [-0.39, 0.29) is 10.8 Å². The third-order valence-corrected chi connectivity index (χ3v) is 3.36. The van der Waals surface area contributed by atoms with Crippen LogP contribution < -0.4 is 10.5 Å². The first-order valence-corrected chi connectivity index (χ1v) is 6.86. The summed E-state index contributed by atoms with van der Waals surface area (Å²) in [5, 5.41) is 3.94. The maximum Gasteiger partial charge on any atom is 0.238 e. The number of anilines is 1. The van der Waals surface area contributed by atoms with Crippen molar-refractivity contribution in [2.75, 3.05) is 19.1 Å². The van der Waals surface area contributed by atoms with Crippen molar-refractivity contribution < 1.29 is 13.2 Å². The van der Waals surface area contributed by atoms with Crippen LogP contribution >= 0.6 is 0 Å². The van der Waals surface area contributed by atoms with Gasteiger partial charge in [-0.2, -0.15) is 10.1 Å². The number of ether oxygens (including phenoxy) is 1. The van der Waals surface area contributed by atoms with Gasteiger partial charge in [0.25, 0.3) is 0 Å². The molecule has 18 heavy (non-hydrogen) atoms.